The van der Waals surface area contributed by atoms with Crippen LogP contribution in [0, 0.1) is 17.8 Å². The predicted molar refractivity (Wildman–Crippen MR) is 84.3 cm³/mol. The lowest BCUT2D eigenvalue weighted by atomic mass is 9.82. The largest absolute Gasteiger partial charge is 0.481 e. The molecule has 1 rings (SSSR count). The Balaban J connectivity index is 2.70. The second kappa shape index (κ2) is 10.2. The van der Waals surface area contributed by atoms with Gasteiger partial charge in [0.1, 0.15) is 17.7 Å². The summed E-state index contributed by atoms with van der Waals surface area (Å²) in [6.07, 6.45) is 1.79. The number of ether oxygens (including phenoxy) is 2. The summed E-state index contributed by atoms with van der Waals surface area (Å²) in [6.45, 7) is 4.62. The van der Waals surface area contributed by atoms with E-state index >= 15 is 0 Å². The minimum absolute atomic E-state index is 0.0122. The van der Waals surface area contributed by atoms with Gasteiger partial charge in [-0.2, -0.15) is 0 Å². The Hall–Kier alpha value is -1.76. The van der Waals surface area contributed by atoms with Crippen molar-refractivity contribution >= 4 is 24.0 Å². The number of carboxylic acid groups (broad SMARTS) is 1. The highest BCUT2D eigenvalue weighted by Crippen LogP contribution is 2.41. The Labute approximate surface area is 141 Å². The van der Waals surface area contributed by atoms with E-state index in [4.69, 9.17) is 9.47 Å². The van der Waals surface area contributed by atoms with Gasteiger partial charge in [-0.05, 0) is 26.2 Å². The first kappa shape index (κ1) is 20.3. The average Bonchev–Trinajstić information content (AvgIpc) is 2.91. The third-order valence-electron chi connectivity index (χ3n) is 4.45. The maximum absolute atomic E-state index is 12.5. The zero-order valence-electron chi connectivity index (χ0n) is 14.2. The van der Waals surface area contributed by atoms with Gasteiger partial charge in [0.2, 0.25) is 0 Å². The second-order valence-electron chi connectivity index (χ2n) is 6.15. The van der Waals surface area contributed by atoms with Gasteiger partial charge in [0.05, 0.1) is 11.8 Å². The maximum Gasteiger partial charge on any atom is 0.307 e. The van der Waals surface area contributed by atoms with Gasteiger partial charge < -0.3 is 14.6 Å². The monoisotopic (exact) mass is 342 g/mol. The minimum Gasteiger partial charge on any atom is -0.481 e. The molecular weight excluding hydrogens is 316 g/mol. The number of hydrogen-bond acceptors (Lipinski definition) is 6. The molecule has 1 N–H and O–H groups in total. The molecule has 0 aromatic carbocycles. The summed E-state index contributed by atoms with van der Waals surface area (Å²) in [4.78, 5) is 46.4. The quantitative estimate of drug-likeness (QED) is 0.424. The molecule has 0 bridgehead atoms. The lowest BCUT2D eigenvalue weighted by Crippen LogP contribution is -2.35. The van der Waals surface area contributed by atoms with E-state index in [-0.39, 0.29) is 30.9 Å². The highest BCUT2D eigenvalue weighted by molar-refractivity contribution is 5.93. The Kier molecular flexibility index (Phi) is 8.60. The number of Topliss-reactive ketones (excluding diaryl/α,β-unsaturated/α-hetero) is 2. The molecule has 0 radical (unpaired) electrons. The minimum atomic E-state index is -1.15. The van der Waals surface area contributed by atoms with E-state index in [1.807, 2.05) is 0 Å². The van der Waals surface area contributed by atoms with Crippen LogP contribution >= 0.6 is 0 Å². The van der Waals surface area contributed by atoms with Crippen LogP contribution in [-0.4, -0.2) is 48.4 Å². The van der Waals surface area contributed by atoms with Crippen LogP contribution in [0.1, 0.15) is 46.0 Å². The Morgan fingerprint density at radius 2 is 1.83 bits per heavy atom. The smallest absolute Gasteiger partial charge is 0.307 e. The van der Waals surface area contributed by atoms with Gasteiger partial charge in [-0.25, -0.2) is 0 Å². The van der Waals surface area contributed by atoms with Crippen LogP contribution in [0.5, 0.6) is 0 Å². The summed E-state index contributed by atoms with van der Waals surface area (Å²) in [7, 11) is 0. The van der Waals surface area contributed by atoms with Crippen molar-refractivity contribution in [3.05, 3.63) is 0 Å². The van der Waals surface area contributed by atoms with Crippen molar-refractivity contribution in [3.8, 4) is 0 Å². The van der Waals surface area contributed by atoms with Crippen LogP contribution in [0.3, 0.4) is 0 Å². The molecule has 4 atom stereocenters. The number of ketones is 2. The predicted octanol–water partition coefficient (Wildman–Crippen LogP) is 1.62. The number of rotatable bonds is 12. The first-order valence-corrected chi connectivity index (χ1v) is 8.36. The highest BCUT2D eigenvalue weighted by Gasteiger charge is 2.52. The summed E-state index contributed by atoms with van der Waals surface area (Å²) in [5.74, 6) is -4.58. The molecule has 0 amide bonds. The van der Waals surface area contributed by atoms with E-state index in [1.165, 1.54) is 6.92 Å². The number of carbonyl (C=O) groups excluding carboxylic acids is 3. The summed E-state index contributed by atoms with van der Waals surface area (Å²) < 4.78 is 10.3. The van der Waals surface area contributed by atoms with E-state index in [1.54, 1.807) is 0 Å². The van der Waals surface area contributed by atoms with Gasteiger partial charge in [-0.1, -0.05) is 13.3 Å². The van der Waals surface area contributed by atoms with Gasteiger partial charge in [0.25, 0.3) is 6.47 Å². The molecule has 0 aliphatic heterocycles. The number of aliphatic carboxylic acids is 1. The van der Waals surface area contributed by atoms with E-state index in [2.05, 4.69) is 6.92 Å². The standard InChI is InChI=1S/C17H26O7/c1-3-4-7-23-8-5-6-13(20)16-14(24-10-18)9-12(17(21)22)15(16)11(2)19/h10,12,14-16H,3-9H2,1-2H3,(H,21,22). The molecule has 0 heterocycles. The van der Waals surface area contributed by atoms with Crippen molar-refractivity contribution in [2.24, 2.45) is 17.8 Å². The summed E-state index contributed by atoms with van der Waals surface area (Å²) in [5.41, 5.74) is 0. The van der Waals surface area contributed by atoms with Crippen molar-refractivity contribution in [1.29, 1.82) is 0 Å². The topological polar surface area (TPSA) is 107 Å². The van der Waals surface area contributed by atoms with Gasteiger partial charge in [-0.3, -0.25) is 19.2 Å². The molecule has 136 valence electrons. The van der Waals surface area contributed by atoms with Crippen LogP contribution in [0.15, 0.2) is 0 Å². The van der Waals surface area contributed by atoms with Crippen molar-refractivity contribution in [2.45, 2.75) is 52.1 Å². The van der Waals surface area contributed by atoms with E-state index < -0.39 is 29.8 Å². The van der Waals surface area contributed by atoms with E-state index in [0.29, 0.717) is 19.6 Å². The molecule has 1 aliphatic carbocycles. The number of hydrogen-bond donors (Lipinski definition) is 1. The molecule has 7 heteroatoms. The molecular formula is C17H26O7. The Morgan fingerprint density at radius 1 is 1.17 bits per heavy atom. The third kappa shape index (κ3) is 5.40. The van der Waals surface area contributed by atoms with Crippen LogP contribution in [0.2, 0.25) is 0 Å². The van der Waals surface area contributed by atoms with Gasteiger partial charge in [0.15, 0.2) is 0 Å². The van der Waals surface area contributed by atoms with Gasteiger partial charge >= 0.3 is 5.97 Å². The molecule has 1 saturated carbocycles. The van der Waals surface area contributed by atoms with Crippen molar-refractivity contribution in [3.63, 3.8) is 0 Å². The SMILES string of the molecule is CCCCOCCCC(=O)C1C(OC=O)CC(C(=O)O)C1C(C)=O. The van der Waals surface area contributed by atoms with Crippen LogP contribution in [-0.2, 0) is 28.7 Å². The van der Waals surface area contributed by atoms with Gasteiger partial charge in [-0.15, -0.1) is 0 Å². The third-order valence-corrected chi connectivity index (χ3v) is 4.45. The maximum atomic E-state index is 12.5. The second-order valence-corrected chi connectivity index (χ2v) is 6.15. The average molecular weight is 342 g/mol. The number of unbranched alkanes of at least 4 members (excludes halogenated alkanes) is 1. The highest BCUT2D eigenvalue weighted by atomic mass is 16.5. The van der Waals surface area contributed by atoms with E-state index in [9.17, 15) is 24.3 Å². The lowest BCUT2D eigenvalue weighted by molar-refractivity contribution is -0.146. The molecule has 1 aliphatic rings. The molecule has 0 aromatic heterocycles. The molecule has 0 saturated heterocycles. The molecule has 7 nitrogen and oxygen atoms in total. The molecule has 0 spiro atoms. The zero-order chi connectivity index (χ0) is 18.1. The fourth-order valence-corrected chi connectivity index (χ4v) is 3.30. The number of carbonyl (C=O) groups is 4. The molecule has 0 aromatic rings. The van der Waals surface area contributed by atoms with Crippen LogP contribution in [0.25, 0.3) is 0 Å². The summed E-state index contributed by atoms with van der Waals surface area (Å²) in [6, 6.07) is 0. The fourth-order valence-electron chi connectivity index (χ4n) is 3.30. The van der Waals surface area contributed by atoms with Crippen molar-refractivity contribution in [1.82, 2.24) is 0 Å². The van der Waals surface area contributed by atoms with Crippen molar-refractivity contribution < 1.29 is 33.8 Å². The van der Waals surface area contributed by atoms with Crippen LogP contribution in [0.4, 0.5) is 0 Å². The number of carboxylic acids is 1. The summed E-state index contributed by atoms with van der Waals surface area (Å²) in [5, 5.41) is 9.29. The molecule has 24 heavy (non-hydrogen) atoms. The van der Waals surface area contributed by atoms with E-state index in [0.717, 1.165) is 12.8 Å². The van der Waals surface area contributed by atoms with Crippen LogP contribution < -0.4 is 0 Å². The Morgan fingerprint density at radius 3 is 2.38 bits per heavy atom. The lowest BCUT2D eigenvalue weighted by Gasteiger charge is -2.21. The first-order valence-electron chi connectivity index (χ1n) is 8.36. The zero-order valence-corrected chi connectivity index (χ0v) is 14.2. The molecule has 4 unspecified atom stereocenters. The first-order chi connectivity index (χ1) is 11.4. The summed E-state index contributed by atoms with van der Waals surface area (Å²) >= 11 is 0. The normalized spacial score (nSPS) is 26.1. The fraction of sp³-hybridized carbons (Fsp3) is 0.765. The van der Waals surface area contributed by atoms with Gasteiger partial charge in [0, 0.05) is 25.6 Å². The van der Waals surface area contributed by atoms with Crippen molar-refractivity contribution in [2.75, 3.05) is 13.2 Å². The molecule has 1 fully saturated rings. The Bertz CT molecular complexity index is 460.